The first kappa shape index (κ1) is 21.6. The molecule has 2 aromatic heterocycles. The minimum absolute atomic E-state index is 0.0627. The fraction of sp³-hybridized carbons (Fsp3) is 0.529. The highest BCUT2D eigenvalue weighted by molar-refractivity contribution is 7.88. The maximum atomic E-state index is 11.2. The summed E-state index contributed by atoms with van der Waals surface area (Å²) < 4.78 is 27.5. The van der Waals surface area contributed by atoms with Crippen LogP contribution in [-0.2, 0) is 16.4 Å². The van der Waals surface area contributed by atoms with Gasteiger partial charge in [-0.25, -0.2) is 23.6 Å². The standard InChI is InChI=1S/C17H26N6O4S2/c1-3-4-10-9-12(20-15-13(10)14(18)16(28-15)27-17(19)24)23-7-5-11(6-8-23)21-22-29(2,25)26/h9,11,21-22H,3-8,18H2,1-2H3,(H2,19,24). The summed E-state index contributed by atoms with van der Waals surface area (Å²) in [5.41, 5.74) is 15.6. The number of ether oxygens (including phenoxy) is 1. The number of aromatic nitrogens is 1. The van der Waals surface area contributed by atoms with Crippen LogP contribution in [0.3, 0.4) is 0 Å². The number of carbonyl (C=O) groups is 1. The van der Waals surface area contributed by atoms with Crippen LogP contribution in [0.5, 0.6) is 5.06 Å². The molecule has 0 aliphatic carbocycles. The highest BCUT2D eigenvalue weighted by Crippen LogP contribution is 2.42. The van der Waals surface area contributed by atoms with Crippen molar-refractivity contribution in [2.75, 3.05) is 30.0 Å². The lowest BCUT2D eigenvalue weighted by atomic mass is 10.0. The number of rotatable bonds is 7. The van der Waals surface area contributed by atoms with Gasteiger partial charge >= 0.3 is 6.09 Å². The van der Waals surface area contributed by atoms with E-state index in [4.69, 9.17) is 21.2 Å². The Balaban J connectivity index is 1.82. The second-order valence-corrected chi connectivity index (χ2v) is 9.78. The number of anilines is 2. The number of nitrogen functional groups attached to an aromatic ring is 1. The van der Waals surface area contributed by atoms with E-state index in [1.807, 2.05) is 6.07 Å². The van der Waals surface area contributed by atoms with Gasteiger partial charge in [-0.3, -0.25) is 0 Å². The summed E-state index contributed by atoms with van der Waals surface area (Å²) in [6, 6.07) is 2.10. The average molecular weight is 443 g/mol. The molecule has 1 aliphatic heterocycles. The van der Waals surface area contributed by atoms with Crippen molar-refractivity contribution in [3.63, 3.8) is 0 Å². The number of aryl methyl sites for hydroxylation is 1. The molecule has 10 nitrogen and oxygen atoms in total. The second kappa shape index (κ2) is 8.69. The summed E-state index contributed by atoms with van der Waals surface area (Å²) in [5.74, 6) is 0.836. The van der Waals surface area contributed by atoms with Gasteiger partial charge in [0.1, 0.15) is 10.6 Å². The van der Waals surface area contributed by atoms with Crippen LogP contribution < -0.4 is 31.4 Å². The van der Waals surface area contributed by atoms with Gasteiger partial charge in [0.25, 0.3) is 0 Å². The number of fused-ring (bicyclic) bond motifs is 1. The molecule has 160 valence electrons. The number of amides is 1. The van der Waals surface area contributed by atoms with Crippen LogP contribution >= 0.6 is 11.3 Å². The van der Waals surface area contributed by atoms with Crippen LogP contribution in [0.25, 0.3) is 10.2 Å². The molecule has 6 N–H and O–H groups in total. The molecule has 0 spiro atoms. The van der Waals surface area contributed by atoms with E-state index in [1.54, 1.807) is 0 Å². The zero-order valence-corrected chi connectivity index (χ0v) is 18.0. The molecule has 0 saturated carbocycles. The Bertz CT molecular complexity index is 999. The normalized spacial score (nSPS) is 15.7. The average Bonchev–Trinajstić information content (AvgIpc) is 2.95. The van der Waals surface area contributed by atoms with Crippen molar-refractivity contribution >= 4 is 49.2 Å². The number of primary amides is 1. The minimum Gasteiger partial charge on any atom is -0.397 e. The molecule has 2 aromatic rings. The number of hydrazine groups is 1. The quantitative estimate of drug-likeness (QED) is 0.468. The third-order valence-electron chi connectivity index (χ3n) is 4.71. The van der Waals surface area contributed by atoms with Gasteiger partial charge in [0.05, 0.1) is 11.9 Å². The first-order valence-corrected chi connectivity index (χ1v) is 12.0. The Hall–Kier alpha value is -2.15. The zero-order chi connectivity index (χ0) is 21.2. The van der Waals surface area contributed by atoms with Crippen LogP contribution in [-0.4, -0.2) is 44.9 Å². The fourth-order valence-electron chi connectivity index (χ4n) is 3.40. The smallest absolute Gasteiger partial charge is 0.397 e. The van der Waals surface area contributed by atoms with Crippen LogP contribution in [0, 0.1) is 0 Å². The molecule has 1 amide bonds. The fourth-order valence-corrected chi connectivity index (χ4v) is 4.78. The van der Waals surface area contributed by atoms with Crippen molar-refractivity contribution < 1.29 is 17.9 Å². The number of hydrogen-bond acceptors (Lipinski definition) is 9. The SMILES string of the molecule is CCCc1cc(N2CCC(NNS(C)(=O)=O)CC2)nc2sc(OC(N)=O)c(N)c12. The molecule has 12 heteroatoms. The predicted molar refractivity (Wildman–Crippen MR) is 115 cm³/mol. The molecule has 0 bridgehead atoms. The molecule has 0 unspecified atom stereocenters. The summed E-state index contributed by atoms with van der Waals surface area (Å²) >= 11 is 1.21. The van der Waals surface area contributed by atoms with Gasteiger partial charge in [0.2, 0.25) is 15.1 Å². The third-order valence-corrected chi connectivity index (χ3v) is 6.18. The van der Waals surface area contributed by atoms with E-state index in [0.29, 0.717) is 10.5 Å². The molecule has 1 saturated heterocycles. The van der Waals surface area contributed by atoms with E-state index in [-0.39, 0.29) is 11.1 Å². The first-order chi connectivity index (χ1) is 13.7. The number of nitrogens with two attached hydrogens (primary N) is 2. The van der Waals surface area contributed by atoms with Crippen LogP contribution in [0.1, 0.15) is 31.7 Å². The van der Waals surface area contributed by atoms with Crippen molar-refractivity contribution in [2.45, 2.75) is 38.6 Å². The zero-order valence-electron chi connectivity index (χ0n) is 16.4. The van der Waals surface area contributed by atoms with E-state index in [9.17, 15) is 13.2 Å². The molecular weight excluding hydrogens is 416 g/mol. The maximum absolute atomic E-state index is 11.2. The number of sulfonamides is 1. The summed E-state index contributed by atoms with van der Waals surface area (Å²) in [7, 11) is -3.28. The Labute approximate surface area is 173 Å². The van der Waals surface area contributed by atoms with Gasteiger partial charge in [-0.05, 0) is 30.9 Å². The van der Waals surface area contributed by atoms with Gasteiger partial charge in [0, 0.05) is 24.5 Å². The van der Waals surface area contributed by atoms with Crippen molar-refractivity contribution in [2.24, 2.45) is 5.73 Å². The molecule has 29 heavy (non-hydrogen) atoms. The number of pyridine rings is 1. The highest BCUT2D eigenvalue weighted by Gasteiger charge is 2.23. The van der Waals surface area contributed by atoms with Crippen LogP contribution in [0.2, 0.25) is 0 Å². The second-order valence-electron chi connectivity index (χ2n) is 7.07. The monoisotopic (exact) mass is 442 g/mol. The molecule has 0 aromatic carbocycles. The van der Waals surface area contributed by atoms with Crippen molar-refractivity contribution in [3.8, 4) is 5.06 Å². The molecule has 1 aliphatic rings. The molecule has 0 atom stereocenters. The topological polar surface area (TPSA) is 153 Å². The number of nitrogens with zero attached hydrogens (tertiary/aromatic N) is 2. The Morgan fingerprint density at radius 2 is 2.10 bits per heavy atom. The molecule has 3 rings (SSSR count). The van der Waals surface area contributed by atoms with Gasteiger partial charge in [-0.1, -0.05) is 24.7 Å². The Kier molecular flexibility index (Phi) is 6.46. The third kappa shape index (κ3) is 5.26. The summed E-state index contributed by atoms with van der Waals surface area (Å²) in [5, 5.41) is 1.08. The van der Waals surface area contributed by atoms with Crippen LogP contribution in [0.15, 0.2) is 6.07 Å². The molecule has 0 radical (unpaired) electrons. The largest absolute Gasteiger partial charge is 0.410 e. The van der Waals surface area contributed by atoms with Gasteiger partial charge in [-0.15, -0.1) is 0 Å². The first-order valence-electron chi connectivity index (χ1n) is 9.34. The number of nitrogens with one attached hydrogen (secondary N) is 2. The van der Waals surface area contributed by atoms with Gasteiger partial charge < -0.3 is 21.1 Å². The summed E-state index contributed by atoms with van der Waals surface area (Å²) in [4.78, 5) is 21.1. The van der Waals surface area contributed by atoms with Crippen LogP contribution in [0.4, 0.5) is 16.3 Å². The van der Waals surface area contributed by atoms with Crippen molar-refractivity contribution in [1.82, 2.24) is 15.2 Å². The van der Waals surface area contributed by atoms with Gasteiger partial charge in [-0.2, -0.15) is 4.83 Å². The number of thiophene rings is 1. The molecular formula is C17H26N6O4S2. The Morgan fingerprint density at radius 1 is 1.41 bits per heavy atom. The summed E-state index contributed by atoms with van der Waals surface area (Å²) in [6.07, 6.45) is 3.51. The van der Waals surface area contributed by atoms with Crippen molar-refractivity contribution in [1.29, 1.82) is 0 Å². The number of hydrogen-bond donors (Lipinski definition) is 4. The lowest BCUT2D eigenvalue weighted by Gasteiger charge is -2.33. The van der Waals surface area contributed by atoms with E-state index >= 15 is 0 Å². The molecule has 1 fully saturated rings. The lowest BCUT2D eigenvalue weighted by molar-refractivity contribution is 0.212. The van der Waals surface area contributed by atoms with E-state index in [2.05, 4.69) is 22.1 Å². The lowest BCUT2D eigenvalue weighted by Crippen LogP contribution is -2.49. The maximum Gasteiger partial charge on any atom is 0.410 e. The van der Waals surface area contributed by atoms with E-state index in [1.165, 1.54) is 11.3 Å². The van der Waals surface area contributed by atoms with Crippen molar-refractivity contribution in [3.05, 3.63) is 11.6 Å². The Morgan fingerprint density at radius 3 is 2.69 bits per heavy atom. The highest BCUT2D eigenvalue weighted by atomic mass is 32.2. The van der Waals surface area contributed by atoms with Gasteiger partial charge in [0.15, 0.2) is 0 Å². The predicted octanol–water partition coefficient (Wildman–Crippen LogP) is 1.31. The molecule has 3 heterocycles. The summed E-state index contributed by atoms with van der Waals surface area (Å²) in [6.45, 7) is 3.55. The number of piperidine rings is 1. The minimum atomic E-state index is -3.28. The van der Waals surface area contributed by atoms with E-state index in [0.717, 1.165) is 61.8 Å². The number of carbonyl (C=O) groups excluding carboxylic acids is 1. The van der Waals surface area contributed by atoms with E-state index < -0.39 is 16.1 Å².